The molecular weight excluding hydrogens is 516 g/mol. The summed E-state index contributed by atoms with van der Waals surface area (Å²) in [6.45, 7) is 4.96. The second-order valence-electron chi connectivity index (χ2n) is 11.0. The van der Waals surface area contributed by atoms with Crippen LogP contribution in [0, 0.1) is 0 Å². The van der Waals surface area contributed by atoms with Crippen LogP contribution in [0.2, 0.25) is 0 Å². The second kappa shape index (κ2) is 9.33. The maximum atomic E-state index is 13.5. The van der Waals surface area contributed by atoms with Gasteiger partial charge in [-0.15, -0.1) is 0 Å². The van der Waals surface area contributed by atoms with E-state index in [9.17, 15) is 14.7 Å². The number of benzene rings is 1. The Hall–Kier alpha value is -4.46. The number of aliphatic hydroxyl groups excluding tert-OH is 1. The molecule has 0 radical (unpaired) electrons. The molecule has 4 aliphatic rings. The zero-order chi connectivity index (χ0) is 28.2. The minimum Gasteiger partial charge on any atom is -0.492 e. The van der Waals surface area contributed by atoms with Gasteiger partial charge in [0.15, 0.2) is 17.6 Å². The molecule has 0 aliphatic carbocycles. The fraction of sp³-hybridized carbons (Fsp3) is 0.462. The average molecular weight is 549 g/mol. The summed E-state index contributed by atoms with van der Waals surface area (Å²) in [5.74, 6) is -0.0622. The van der Waals surface area contributed by atoms with E-state index in [0.29, 0.717) is 17.9 Å². The molecule has 0 bridgehead atoms. The van der Waals surface area contributed by atoms with E-state index in [1.54, 1.807) is 17.0 Å². The molecule has 2 amide bonds. The highest BCUT2D eigenvalue weighted by atomic mass is 16.5. The third kappa shape index (κ3) is 3.97. The number of fused-ring (bicyclic) bond motifs is 1. The first-order chi connectivity index (χ1) is 19.1. The van der Waals surface area contributed by atoms with Crippen LogP contribution in [0.4, 0.5) is 0 Å². The lowest BCUT2D eigenvalue weighted by molar-refractivity contribution is 0.0143. The number of amides is 2. The minimum atomic E-state index is -1.26. The Morgan fingerprint density at radius 2 is 1.95 bits per heavy atom. The maximum Gasteiger partial charge on any atom is 0.289 e. The molecule has 1 fully saturated rings. The van der Waals surface area contributed by atoms with Crippen molar-refractivity contribution in [3.63, 3.8) is 0 Å². The summed E-state index contributed by atoms with van der Waals surface area (Å²) >= 11 is 0. The number of para-hydroxylation sites is 1. The normalized spacial score (nSPS) is 29.5. The van der Waals surface area contributed by atoms with Gasteiger partial charge in [-0.25, -0.2) is 20.0 Å². The molecule has 14 nitrogen and oxygen atoms in total. The zero-order valence-corrected chi connectivity index (χ0v) is 22.2. The first-order valence-electron chi connectivity index (χ1n) is 13.1. The predicted octanol–water partition coefficient (Wildman–Crippen LogP) is -1.58. The quantitative estimate of drug-likeness (QED) is 0.253. The van der Waals surface area contributed by atoms with Gasteiger partial charge in [-0.1, -0.05) is 26.0 Å². The number of aliphatic hydroxyl groups is 1. The summed E-state index contributed by atoms with van der Waals surface area (Å²) in [7, 11) is 0. The minimum absolute atomic E-state index is 0.0123. The summed E-state index contributed by atoms with van der Waals surface area (Å²) in [6.07, 6.45) is 2.61. The number of nitrogens with two attached hydrogens (primary N) is 2. The van der Waals surface area contributed by atoms with Crippen molar-refractivity contribution in [2.24, 2.45) is 21.5 Å². The van der Waals surface area contributed by atoms with Crippen molar-refractivity contribution in [3.05, 3.63) is 53.6 Å². The van der Waals surface area contributed by atoms with Crippen molar-refractivity contribution < 1.29 is 19.4 Å². The Morgan fingerprint density at radius 3 is 2.73 bits per heavy atom. The lowest BCUT2D eigenvalue weighted by Crippen LogP contribution is -2.73. The summed E-state index contributed by atoms with van der Waals surface area (Å²) < 4.78 is 5.93. The molecule has 8 N–H and O–H groups in total. The van der Waals surface area contributed by atoms with Crippen molar-refractivity contribution in [1.29, 1.82) is 0 Å². The van der Waals surface area contributed by atoms with E-state index in [1.807, 2.05) is 12.1 Å². The Bertz CT molecular complexity index is 1410. The lowest BCUT2D eigenvalue weighted by Gasteiger charge is -2.46. The molecular formula is C26H32N10O4. The van der Waals surface area contributed by atoms with Crippen LogP contribution >= 0.6 is 0 Å². The average Bonchev–Trinajstić information content (AvgIpc) is 3.43. The van der Waals surface area contributed by atoms with Gasteiger partial charge in [0.1, 0.15) is 17.9 Å². The maximum absolute atomic E-state index is 13.5. The molecule has 5 heterocycles. The number of carbonyl (C=O) groups is 2. The van der Waals surface area contributed by atoms with Crippen molar-refractivity contribution in [2.75, 3.05) is 19.7 Å². The van der Waals surface area contributed by atoms with Crippen molar-refractivity contribution >= 4 is 23.7 Å². The van der Waals surface area contributed by atoms with Crippen LogP contribution in [0.3, 0.4) is 0 Å². The Balaban J connectivity index is 1.23. The predicted molar refractivity (Wildman–Crippen MR) is 145 cm³/mol. The number of ether oxygens (including phenoxy) is 1. The second-order valence-corrected chi connectivity index (χ2v) is 11.0. The number of nitrogens with zero attached hydrogens (tertiary/aromatic N) is 5. The lowest BCUT2D eigenvalue weighted by atomic mass is 9.79. The number of rotatable bonds is 5. The largest absolute Gasteiger partial charge is 0.492 e. The van der Waals surface area contributed by atoms with Crippen LogP contribution in [0.25, 0.3) is 0 Å². The van der Waals surface area contributed by atoms with Gasteiger partial charge >= 0.3 is 0 Å². The van der Waals surface area contributed by atoms with Gasteiger partial charge in [0, 0.05) is 31.0 Å². The van der Waals surface area contributed by atoms with E-state index in [1.165, 1.54) is 12.4 Å². The molecule has 4 aliphatic heterocycles. The van der Waals surface area contributed by atoms with E-state index in [0.717, 1.165) is 12.0 Å². The molecule has 1 unspecified atom stereocenters. The number of aliphatic imine (C=N–C) groups is 2. The van der Waals surface area contributed by atoms with Crippen LogP contribution in [0.5, 0.6) is 5.75 Å². The van der Waals surface area contributed by atoms with E-state index in [-0.39, 0.29) is 42.2 Å². The van der Waals surface area contributed by atoms with Crippen LogP contribution in [0.1, 0.15) is 46.8 Å². The molecule has 1 aromatic carbocycles. The molecule has 14 heteroatoms. The standard InChI is InChI=1S/C26H32N10O4/c1-25(2)7-10-40-17-13(5-3-6-14(17)25)21(38)32-16-12-36-24(28)33-15(11-31-22(39)20-29-8-4-9-30-20)18-26(36,19(16)37)35-23(27)34-18/h3-6,8-9,15-16,18-19,37H,7,10-12H2,1-2H3,(H2,28,33)(H,31,39)(H,32,38)(H3,27,34,35)/t15-,16?,18-,19-,26-/m0/s1. The number of guanidine groups is 2. The van der Waals surface area contributed by atoms with Gasteiger partial charge in [0.05, 0.1) is 24.3 Å². The van der Waals surface area contributed by atoms with Crippen LogP contribution in [-0.4, -0.2) is 93.3 Å². The Labute approximate surface area is 230 Å². The van der Waals surface area contributed by atoms with E-state index < -0.39 is 35.8 Å². The highest BCUT2D eigenvalue weighted by Crippen LogP contribution is 2.42. The van der Waals surface area contributed by atoms with Gasteiger partial charge in [-0.05, 0) is 24.0 Å². The molecule has 1 spiro atoms. The Morgan fingerprint density at radius 1 is 1.18 bits per heavy atom. The van der Waals surface area contributed by atoms with Crippen LogP contribution < -0.4 is 32.2 Å². The van der Waals surface area contributed by atoms with Crippen molar-refractivity contribution in [1.82, 2.24) is 30.8 Å². The fourth-order valence-electron chi connectivity index (χ4n) is 6.09. The first kappa shape index (κ1) is 25.8. The molecule has 1 aromatic heterocycles. The molecule has 210 valence electrons. The van der Waals surface area contributed by atoms with E-state index >= 15 is 0 Å². The third-order valence-corrected chi connectivity index (χ3v) is 8.17. The zero-order valence-electron chi connectivity index (χ0n) is 22.2. The van der Waals surface area contributed by atoms with E-state index in [2.05, 4.69) is 49.8 Å². The number of hydrogen-bond acceptors (Lipinski definition) is 12. The highest BCUT2D eigenvalue weighted by molar-refractivity contribution is 5.98. The van der Waals surface area contributed by atoms with Crippen LogP contribution in [-0.2, 0) is 5.41 Å². The fourth-order valence-corrected chi connectivity index (χ4v) is 6.09. The summed E-state index contributed by atoms with van der Waals surface area (Å²) in [5, 5.41) is 20.5. The number of nitrogens with one attached hydrogen (secondary N) is 3. The smallest absolute Gasteiger partial charge is 0.289 e. The van der Waals surface area contributed by atoms with E-state index in [4.69, 9.17) is 16.2 Å². The van der Waals surface area contributed by atoms with Gasteiger partial charge in [0.25, 0.3) is 11.8 Å². The SMILES string of the molecule is CC1(C)CCOc2c(C(=O)NC3CN4C(N)=N[C@@H](CNC(=O)c5ncccn5)[C@@H]5N=C(N)N[C@@]54[C@H]3O)cccc21. The summed E-state index contributed by atoms with van der Waals surface area (Å²) in [4.78, 5) is 44.7. The third-order valence-electron chi connectivity index (χ3n) is 8.17. The number of hydrogen-bond donors (Lipinski definition) is 6. The molecule has 40 heavy (non-hydrogen) atoms. The molecule has 6 rings (SSSR count). The van der Waals surface area contributed by atoms with Gasteiger partial charge in [-0.3, -0.25) is 9.59 Å². The van der Waals surface area contributed by atoms with Crippen molar-refractivity contribution in [3.8, 4) is 5.75 Å². The van der Waals surface area contributed by atoms with Gasteiger partial charge in [0.2, 0.25) is 5.82 Å². The summed E-state index contributed by atoms with van der Waals surface area (Å²) in [6, 6.07) is 5.04. The Kier molecular flexibility index (Phi) is 6.02. The number of aromatic nitrogens is 2. The molecule has 5 atom stereocenters. The highest BCUT2D eigenvalue weighted by Gasteiger charge is 2.65. The monoisotopic (exact) mass is 548 g/mol. The van der Waals surface area contributed by atoms with Gasteiger partial charge in [-0.2, -0.15) is 0 Å². The molecule has 2 aromatic rings. The van der Waals surface area contributed by atoms with Gasteiger partial charge < -0.3 is 42.2 Å². The molecule has 0 saturated carbocycles. The molecule has 1 saturated heterocycles. The topological polar surface area (TPSA) is 205 Å². The van der Waals surface area contributed by atoms with Crippen molar-refractivity contribution in [2.45, 2.75) is 55.6 Å². The number of carbonyl (C=O) groups excluding carboxylic acids is 2. The summed E-state index contributed by atoms with van der Waals surface area (Å²) in [5.41, 5.74) is 12.4. The van der Waals surface area contributed by atoms with Crippen LogP contribution in [0.15, 0.2) is 46.6 Å². The first-order valence-corrected chi connectivity index (χ1v) is 13.1.